The van der Waals surface area contributed by atoms with Crippen molar-refractivity contribution < 1.29 is 9.00 Å². The second kappa shape index (κ2) is 7.07. The van der Waals surface area contributed by atoms with Crippen molar-refractivity contribution in [3.8, 4) is 0 Å². The molecule has 1 aromatic heterocycles. The van der Waals surface area contributed by atoms with Crippen molar-refractivity contribution in [1.82, 2.24) is 10.3 Å². The van der Waals surface area contributed by atoms with E-state index in [9.17, 15) is 9.00 Å². The Morgan fingerprint density at radius 3 is 2.78 bits per heavy atom. The molecule has 0 radical (unpaired) electrons. The Bertz CT molecular complexity index is 468. The molecular formula is C11H14Cl2N2O2S. The Hall–Kier alpha value is -0.650. The molecule has 1 heterocycles. The fraction of sp³-hybridized carbons (Fsp3) is 0.455. The van der Waals surface area contributed by atoms with E-state index in [0.29, 0.717) is 12.2 Å². The first-order valence-corrected chi connectivity index (χ1v) is 7.81. The number of nitrogens with one attached hydrogen (secondary N) is 1. The fourth-order valence-electron chi connectivity index (χ4n) is 1.28. The summed E-state index contributed by atoms with van der Waals surface area (Å²) in [6, 6.07) is 2.94. The second-order valence-electron chi connectivity index (χ2n) is 3.90. The first kappa shape index (κ1) is 15.4. The summed E-state index contributed by atoms with van der Waals surface area (Å²) in [5.74, 6) is 0.162. The van der Waals surface area contributed by atoms with Crippen molar-refractivity contribution in [2.45, 2.75) is 19.4 Å². The Balaban J connectivity index is 2.64. The predicted molar refractivity (Wildman–Crippen MR) is 74.7 cm³/mol. The molecule has 0 aliphatic heterocycles. The number of rotatable bonds is 5. The third-order valence-electron chi connectivity index (χ3n) is 2.24. The molecule has 0 saturated carbocycles. The Morgan fingerprint density at radius 1 is 1.50 bits per heavy atom. The van der Waals surface area contributed by atoms with Gasteiger partial charge in [0.1, 0.15) is 10.8 Å². The summed E-state index contributed by atoms with van der Waals surface area (Å²) in [5.41, 5.74) is 0.105. The van der Waals surface area contributed by atoms with Crippen LogP contribution in [-0.2, 0) is 10.8 Å². The largest absolute Gasteiger partial charge is 0.348 e. The van der Waals surface area contributed by atoms with Crippen LogP contribution in [0.3, 0.4) is 0 Å². The van der Waals surface area contributed by atoms with Crippen LogP contribution in [0.5, 0.6) is 0 Å². The number of pyridine rings is 1. The fourth-order valence-corrected chi connectivity index (χ4v) is 2.31. The van der Waals surface area contributed by atoms with Gasteiger partial charge in [-0.05, 0) is 25.5 Å². The summed E-state index contributed by atoms with van der Waals surface area (Å²) < 4.78 is 11.0. The molecule has 0 fully saturated rings. The Morgan fingerprint density at radius 2 is 2.17 bits per heavy atom. The van der Waals surface area contributed by atoms with Gasteiger partial charge in [0, 0.05) is 28.9 Å². The maximum Gasteiger partial charge on any atom is 0.271 e. The molecule has 100 valence electrons. The van der Waals surface area contributed by atoms with Crippen LogP contribution in [0.1, 0.15) is 23.8 Å². The maximum atomic E-state index is 11.9. The summed E-state index contributed by atoms with van der Waals surface area (Å²) in [7, 11) is -0.868. The summed E-state index contributed by atoms with van der Waals surface area (Å²) >= 11 is 11.6. The lowest BCUT2D eigenvalue weighted by Crippen LogP contribution is -2.34. The number of carbonyl (C=O) groups excluding carboxylic acids is 1. The average Bonchev–Trinajstić information content (AvgIpc) is 2.29. The molecule has 0 aliphatic rings. The van der Waals surface area contributed by atoms with Crippen molar-refractivity contribution in [2.75, 3.05) is 12.0 Å². The lowest BCUT2D eigenvalue weighted by Gasteiger charge is -2.13. The van der Waals surface area contributed by atoms with E-state index in [1.165, 1.54) is 12.1 Å². The zero-order chi connectivity index (χ0) is 13.7. The summed E-state index contributed by atoms with van der Waals surface area (Å²) in [6.45, 7) is 1.84. The molecule has 7 heteroatoms. The molecule has 0 spiro atoms. The average molecular weight is 309 g/mol. The molecule has 18 heavy (non-hydrogen) atoms. The van der Waals surface area contributed by atoms with Gasteiger partial charge in [0.2, 0.25) is 0 Å². The molecule has 1 aromatic rings. The van der Waals surface area contributed by atoms with Crippen LogP contribution in [0.2, 0.25) is 10.2 Å². The quantitative estimate of drug-likeness (QED) is 0.849. The standard InChI is InChI=1S/C11H14Cl2N2O2S/c1-7(5-6-18(2)17)14-11(16)10-8(12)3-4-9(13)15-10/h3-4,7H,5-6H2,1-2H3,(H,14,16). The Kier molecular flexibility index (Phi) is 6.05. The summed E-state index contributed by atoms with van der Waals surface area (Å²) in [6.07, 6.45) is 2.26. The van der Waals surface area contributed by atoms with Gasteiger partial charge in [-0.1, -0.05) is 23.2 Å². The van der Waals surface area contributed by atoms with Gasteiger partial charge in [0.25, 0.3) is 5.91 Å². The highest BCUT2D eigenvalue weighted by molar-refractivity contribution is 7.84. The minimum Gasteiger partial charge on any atom is -0.348 e. The summed E-state index contributed by atoms with van der Waals surface area (Å²) in [4.78, 5) is 15.8. The molecule has 0 bridgehead atoms. The molecular weight excluding hydrogens is 295 g/mol. The summed E-state index contributed by atoms with van der Waals surface area (Å²) in [5, 5.41) is 3.21. The number of carbonyl (C=O) groups is 1. The van der Waals surface area contributed by atoms with Crippen LogP contribution in [0.15, 0.2) is 12.1 Å². The smallest absolute Gasteiger partial charge is 0.271 e. The minimum absolute atomic E-state index is 0.0988. The molecule has 0 aromatic carbocycles. The monoisotopic (exact) mass is 308 g/mol. The van der Waals surface area contributed by atoms with Crippen LogP contribution < -0.4 is 5.32 Å². The normalized spacial score (nSPS) is 14.0. The molecule has 1 amide bonds. The highest BCUT2D eigenvalue weighted by atomic mass is 35.5. The lowest BCUT2D eigenvalue weighted by atomic mass is 10.2. The zero-order valence-electron chi connectivity index (χ0n) is 10.1. The molecule has 4 nitrogen and oxygen atoms in total. The van der Waals surface area contributed by atoms with Gasteiger partial charge in [0.05, 0.1) is 5.02 Å². The SMILES string of the molecule is CC(CCS(C)=O)NC(=O)c1nc(Cl)ccc1Cl. The highest BCUT2D eigenvalue weighted by Crippen LogP contribution is 2.16. The number of hydrogen-bond donors (Lipinski definition) is 1. The number of amides is 1. The highest BCUT2D eigenvalue weighted by Gasteiger charge is 2.15. The van der Waals surface area contributed by atoms with Crippen molar-refractivity contribution in [1.29, 1.82) is 0 Å². The van der Waals surface area contributed by atoms with Gasteiger partial charge < -0.3 is 5.32 Å². The van der Waals surface area contributed by atoms with Crippen LogP contribution in [-0.4, -0.2) is 33.2 Å². The van der Waals surface area contributed by atoms with E-state index < -0.39 is 10.8 Å². The number of nitrogens with zero attached hydrogens (tertiary/aromatic N) is 1. The van der Waals surface area contributed by atoms with Crippen LogP contribution in [0, 0.1) is 0 Å². The van der Waals surface area contributed by atoms with E-state index >= 15 is 0 Å². The van der Waals surface area contributed by atoms with Crippen molar-refractivity contribution in [3.63, 3.8) is 0 Å². The van der Waals surface area contributed by atoms with Gasteiger partial charge in [0.15, 0.2) is 0 Å². The first-order chi connectivity index (χ1) is 8.40. The van der Waals surface area contributed by atoms with Gasteiger partial charge >= 0.3 is 0 Å². The molecule has 0 saturated heterocycles. The molecule has 1 N–H and O–H groups in total. The molecule has 2 unspecified atom stereocenters. The maximum absolute atomic E-state index is 11.9. The van der Waals surface area contributed by atoms with Crippen molar-refractivity contribution in [2.24, 2.45) is 0 Å². The van der Waals surface area contributed by atoms with E-state index in [0.717, 1.165) is 0 Å². The first-order valence-electron chi connectivity index (χ1n) is 5.33. The lowest BCUT2D eigenvalue weighted by molar-refractivity contribution is 0.0934. The molecule has 1 rings (SSSR count). The van der Waals surface area contributed by atoms with E-state index in [1.807, 2.05) is 6.92 Å². The minimum atomic E-state index is -0.868. The number of aromatic nitrogens is 1. The zero-order valence-corrected chi connectivity index (χ0v) is 12.4. The molecule has 2 atom stereocenters. The van der Waals surface area contributed by atoms with E-state index in [1.54, 1.807) is 6.26 Å². The Labute approximate surface area is 119 Å². The number of hydrogen-bond acceptors (Lipinski definition) is 3. The van der Waals surface area contributed by atoms with Gasteiger partial charge in [-0.15, -0.1) is 0 Å². The second-order valence-corrected chi connectivity index (χ2v) is 6.25. The third kappa shape index (κ3) is 4.92. The predicted octanol–water partition coefficient (Wildman–Crippen LogP) is 2.28. The van der Waals surface area contributed by atoms with E-state index in [4.69, 9.17) is 23.2 Å². The van der Waals surface area contributed by atoms with Crippen LogP contribution >= 0.6 is 23.2 Å². The third-order valence-corrected chi connectivity index (χ3v) is 3.57. The molecule has 0 aliphatic carbocycles. The van der Waals surface area contributed by atoms with E-state index in [2.05, 4.69) is 10.3 Å². The number of halogens is 2. The van der Waals surface area contributed by atoms with Gasteiger partial charge in [-0.2, -0.15) is 0 Å². The van der Waals surface area contributed by atoms with Gasteiger partial charge in [-0.25, -0.2) is 4.98 Å². The van der Waals surface area contributed by atoms with Gasteiger partial charge in [-0.3, -0.25) is 9.00 Å². The van der Waals surface area contributed by atoms with Crippen LogP contribution in [0.25, 0.3) is 0 Å². The van der Waals surface area contributed by atoms with Crippen LogP contribution in [0.4, 0.5) is 0 Å². The van der Waals surface area contributed by atoms with Crippen molar-refractivity contribution >= 4 is 39.9 Å². The topological polar surface area (TPSA) is 59.1 Å². The van der Waals surface area contributed by atoms with Crippen molar-refractivity contribution in [3.05, 3.63) is 28.0 Å². The van der Waals surface area contributed by atoms with E-state index in [-0.39, 0.29) is 27.8 Å².